The Morgan fingerprint density at radius 1 is 1.06 bits per heavy atom. The van der Waals surface area contributed by atoms with Crippen LogP contribution in [0.5, 0.6) is 0 Å². The van der Waals surface area contributed by atoms with Crippen LogP contribution in [0.1, 0.15) is 72.8 Å². The van der Waals surface area contributed by atoms with Crippen molar-refractivity contribution in [2.24, 2.45) is 0 Å². The first-order valence-corrected chi connectivity index (χ1v) is 16.5. The van der Waals surface area contributed by atoms with Crippen molar-refractivity contribution in [2.75, 3.05) is 11.6 Å². The summed E-state index contributed by atoms with van der Waals surface area (Å²) < 4.78 is 24.1. The number of hydrogen-bond acceptors (Lipinski definition) is 6. The second kappa shape index (κ2) is 10.6. The van der Waals surface area contributed by atoms with Gasteiger partial charge in [0.2, 0.25) is 15.0 Å². The lowest BCUT2D eigenvalue weighted by molar-refractivity contribution is 0.248. The summed E-state index contributed by atoms with van der Waals surface area (Å²) in [6, 6.07) is 1.55. The molecule has 0 atom stereocenters. The molecule has 0 aliphatic heterocycles. The number of aromatic nitrogens is 3. The highest BCUT2D eigenvalue weighted by Gasteiger charge is 2.41. The van der Waals surface area contributed by atoms with Crippen LogP contribution in [0.4, 0.5) is 10.6 Å². The van der Waals surface area contributed by atoms with Crippen molar-refractivity contribution >= 4 is 40.8 Å². The lowest BCUT2D eigenvalue weighted by Gasteiger charge is -2.38. The summed E-state index contributed by atoms with van der Waals surface area (Å²) in [7, 11) is -5.65. The molecule has 1 fully saturated rings. The van der Waals surface area contributed by atoms with Crippen LogP contribution in [0, 0.1) is 11.5 Å². The number of urea groups is 1. The smallest absolute Gasteiger partial charge is 0.320 e. The highest BCUT2D eigenvalue weighted by atomic mass is 32.2. The highest BCUT2D eigenvalue weighted by Crippen LogP contribution is 2.41. The van der Waals surface area contributed by atoms with Crippen molar-refractivity contribution in [3.63, 3.8) is 0 Å². The molecule has 0 unspecified atom stereocenters. The number of pyridine rings is 1. The van der Waals surface area contributed by atoms with Gasteiger partial charge in [-0.25, -0.2) is 23.2 Å². The van der Waals surface area contributed by atoms with E-state index >= 15 is 0 Å². The van der Waals surface area contributed by atoms with E-state index in [1.807, 2.05) is 0 Å². The SMILES string of the molecule is CC(C)[Si](C#Cc1cc(NC(=O)NC2CCCC2)nc2nc(S(C)(=O)=O)ncc12)(C(C)C)C(C)C. The van der Waals surface area contributed by atoms with Crippen molar-refractivity contribution in [1.82, 2.24) is 20.3 Å². The maximum absolute atomic E-state index is 12.6. The second-order valence-corrected chi connectivity index (χ2v) is 17.9. The van der Waals surface area contributed by atoms with E-state index in [4.69, 9.17) is 0 Å². The standard InChI is InChI=1S/C25H37N5O3SSi/c1-16(2)35(17(3)4,18(5)6)13-12-19-14-22(29-24(31)27-20-10-8-9-11-20)28-23-21(19)15-26-25(30-23)34(7,32)33/h14-18,20H,8-11H2,1-7H3,(H2,26,27,28,29,30,31). The zero-order valence-corrected chi connectivity index (χ0v) is 23.6. The van der Waals surface area contributed by atoms with E-state index in [1.165, 1.54) is 6.20 Å². The Morgan fingerprint density at radius 3 is 2.20 bits per heavy atom. The number of amides is 2. The summed E-state index contributed by atoms with van der Waals surface area (Å²) in [6.07, 6.45) is 6.66. The molecule has 2 N–H and O–H groups in total. The van der Waals surface area contributed by atoms with Crippen molar-refractivity contribution in [3.8, 4) is 11.5 Å². The summed E-state index contributed by atoms with van der Waals surface area (Å²) in [5.74, 6) is 3.67. The van der Waals surface area contributed by atoms with Gasteiger partial charge in [0.15, 0.2) is 5.65 Å². The fraction of sp³-hybridized carbons (Fsp3) is 0.600. The number of nitrogens with zero attached hydrogens (tertiary/aromatic N) is 3. The Bertz CT molecular complexity index is 1240. The fourth-order valence-corrected chi connectivity index (χ4v) is 11.1. The molecule has 3 rings (SSSR count). The molecule has 8 nitrogen and oxygen atoms in total. The molecule has 2 aromatic heterocycles. The first-order valence-electron chi connectivity index (χ1n) is 12.3. The number of carbonyl (C=O) groups excluding carboxylic acids is 1. The van der Waals surface area contributed by atoms with Crippen LogP contribution >= 0.6 is 0 Å². The third kappa shape index (κ3) is 6.01. The largest absolute Gasteiger partial charge is 0.335 e. The van der Waals surface area contributed by atoms with E-state index in [2.05, 4.69) is 78.6 Å². The maximum Gasteiger partial charge on any atom is 0.320 e. The van der Waals surface area contributed by atoms with Gasteiger partial charge in [-0.2, -0.15) is 4.98 Å². The molecule has 0 spiro atoms. The molecule has 2 aromatic rings. The molecule has 0 saturated heterocycles. The molecular formula is C25H37N5O3SSi. The summed E-state index contributed by atoms with van der Waals surface area (Å²) in [5.41, 5.74) is 5.85. The van der Waals surface area contributed by atoms with Gasteiger partial charge in [0, 0.05) is 24.1 Å². The molecule has 0 radical (unpaired) electrons. The molecule has 1 aliphatic carbocycles. The van der Waals surface area contributed by atoms with Crippen LogP contribution in [0.25, 0.3) is 11.0 Å². The maximum atomic E-state index is 12.6. The molecule has 10 heteroatoms. The number of anilines is 1. The van der Waals surface area contributed by atoms with Gasteiger partial charge in [0.25, 0.3) is 0 Å². The van der Waals surface area contributed by atoms with E-state index in [0.29, 0.717) is 27.6 Å². The molecule has 2 heterocycles. The van der Waals surface area contributed by atoms with Crippen molar-refractivity contribution < 1.29 is 13.2 Å². The van der Waals surface area contributed by atoms with Gasteiger partial charge in [0.1, 0.15) is 13.9 Å². The summed E-state index contributed by atoms with van der Waals surface area (Å²) in [6.45, 7) is 13.5. The summed E-state index contributed by atoms with van der Waals surface area (Å²) in [4.78, 5) is 25.3. The Kier molecular flexibility index (Phi) is 8.22. The van der Waals surface area contributed by atoms with E-state index in [1.54, 1.807) is 6.07 Å². The van der Waals surface area contributed by atoms with Crippen LogP contribution in [0.2, 0.25) is 16.6 Å². The Hall–Kier alpha value is -2.51. The second-order valence-electron chi connectivity index (χ2n) is 10.4. The van der Waals surface area contributed by atoms with Gasteiger partial charge in [-0.1, -0.05) is 60.3 Å². The van der Waals surface area contributed by atoms with Crippen molar-refractivity contribution in [1.29, 1.82) is 0 Å². The van der Waals surface area contributed by atoms with E-state index in [0.717, 1.165) is 31.9 Å². The van der Waals surface area contributed by atoms with E-state index < -0.39 is 17.9 Å². The highest BCUT2D eigenvalue weighted by molar-refractivity contribution is 7.90. The topological polar surface area (TPSA) is 114 Å². The number of sulfone groups is 1. The molecule has 0 aromatic carbocycles. The minimum atomic E-state index is -3.62. The van der Waals surface area contributed by atoms with Gasteiger partial charge in [-0.05, 0) is 35.5 Å². The van der Waals surface area contributed by atoms with Gasteiger partial charge in [-0.15, -0.1) is 5.54 Å². The lowest BCUT2D eigenvalue weighted by Crippen LogP contribution is -2.43. The first kappa shape index (κ1) is 27.1. The summed E-state index contributed by atoms with van der Waals surface area (Å²) in [5, 5.41) is 6.04. The third-order valence-electron chi connectivity index (χ3n) is 7.09. The van der Waals surface area contributed by atoms with Crippen LogP contribution in [0.15, 0.2) is 17.4 Å². The molecule has 1 aliphatic rings. The first-order chi connectivity index (χ1) is 16.3. The van der Waals surface area contributed by atoms with Crippen LogP contribution in [0.3, 0.4) is 0 Å². The minimum Gasteiger partial charge on any atom is -0.335 e. The predicted octanol–water partition coefficient (Wildman–Crippen LogP) is 5.06. The third-order valence-corrected chi connectivity index (χ3v) is 14.2. The zero-order valence-electron chi connectivity index (χ0n) is 21.8. The quantitative estimate of drug-likeness (QED) is 0.316. The van der Waals surface area contributed by atoms with Crippen LogP contribution in [-0.4, -0.2) is 49.8 Å². The normalized spacial score (nSPS) is 15.0. The number of nitrogens with one attached hydrogen (secondary N) is 2. The lowest BCUT2D eigenvalue weighted by atomic mass is 10.2. The van der Waals surface area contributed by atoms with Gasteiger partial charge < -0.3 is 5.32 Å². The van der Waals surface area contributed by atoms with E-state index in [9.17, 15) is 13.2 Å². The number of fused-ring (bicyclic) bond motifs is 1. The molecule has 190 valence electrons. The Labute approximate surface area is 210 Å². The van der Waals surface area contributed by atoms with Gasteiger partial charge in [0.05, 0.1) is 5.39 Å². The zero-order chi connectivity index (χ0) is 26.0. The predicted molar refractivity (Wildman–Crippen MR) is 143 cm³/mol. The van der Waals surface area contributed by atoms with Crippen LogP contribution in [-0.2, 0) is 9.84 Å². The van der Waals surface area contributed by atoms with E-state index in [-0.39, 0.29) is 28.7 Å². The minimum absolute atomic E-state index is 0.156. The van der Waals surface area contributed by atoms with Crippen molar-refractivity contribution in [2.45, 2.75) is 95.0 Å². The summed E-state index contributed by atoms with van der Waals surface area (Å²) >= 11 is 0. The molecule has 2 amide bonds. The molecule has 0 bridgehead atoms. The number of carbonyl (C=O) groups is 1. The van der Waals surface area contributed by atoms with Gasteiger partial charge in [-0.3, -0.25) is 5.32 Å². The average molecular weight is 516 g/mol. The van der Waals surface area contributed by atoms with Crippen LogP contribution < -0.4 is 10.6 Å². The van der Waals surface area contributed by atoms with Gasteiger partial charge >= 0.3 is 6.03 Å². The molecular weight excluding hydrogens is 478 g/mol. The monoisotopic (exact) mass is 515 g/mol. The Balaban J connectivity index is 2.12. The van der Waals surface area contributed by atoms with Crippen molar-refractivity contribution in [3.05, 3.63) is 17.8 Å². The Morgan fingerprint density at radius 2 is 1.66 bits per heavy atom. The average Bonchev–Trinajstić information content (AvgIpc) is 3.25. The fourth-order valence-electron chi connectivity index (χ4n) is 5.36. The molecule has 1 saturated carbocycles. The molecule has 35 heavy (non-hydrogen) atoms. The number of rotatable bonds is 6. The number of hydrogen-bond donors (Lipinski definition) is 2.